The number of hydrogen-bond donors (Lipinski definition) is 0. The van der Waals surface area contributed by atoms with Crippen molar-refractivity contribution in [3.63, 3.8) is 0 Å². The van der Waals surface area contributed by atoms with Crippen molar-refractivity contribution in [2.75, 3.05) is 7.11 Å². The highest BCUT2D eigenvalue weighted by Gasteiger charge is 2.28. The molecule has 4 aromatic rings. The fourth-order valence-electron chi connectivity index (χ4n) is 4.60. The minimum Gasteiger partial charge on any atom is -0.497 e. The van der Waals surface area contributed by atoms with Gasteiger partial charge in [-0.1, -0.05) is 18.9 Å². The second kappa shape index (κ2) is 10.6. The third kappa shape index (κ3) is 5.26. The van der Waals surface area contributed by atoms with Crippen molar-refractivity contribution in [2.45, 2.75) is 45.3 Å². The number of aromatic nitrogens is 2. The zero-order chi connectivity index (χ0) is 23.3. The number of nitrogens with zero attached hydrogens (tertiary/aromatic N) is 3. The van der Waals surface area contributed by atoms with Crippen LogP contribution in [0.3, 0.4) is 0 Å². The molecule has 0 unspecified atom stereocenters. The highest BCUT2D eigenvalue weighted by molar-refractivity contribution is 7.13. The van der Waals surface area contributed by atoms with E-state index in [0.29, 0.717) is 25.5 Å². The summed E-state index contributed by atoms with van der Waals surface area (Å²) < 4.78 is 7.48. The highest BCUT2D eigenvalue weighted by Crippen LogP contribution is 2.29. The molecule has 3 aromatic heterocycles. The fraction of sp³-hybridized carbons (Fsp3) is 0.333. The van der Waals surface area contributed by atoms with Gasteiger partial charge in [-0.05, 0) is 60.7 Å². The molecule has 0 N–H and O–H groups in total. The Morgan fingerprint density at radius 2 is 1.91 bits per heavy atom. The molecule has 1 aliphatic rings. The summed E-state index contributed by atoms with van der Waals surface area (Å²) in [6, 6.07) is 16.4. The Kier molecular flexibility index (Phi) is 7.11. The van der Waals surface area contributed by atoms with Crippen LogP contribution in [-0.4, -0.2) is 27.5 Å². The van der Waals surface area contributed by atoms with Crippen molar-refractivity contribution in [3.05, 3.63) is 81.8 Å². The molecule has 0 saturated heterocycles. The number of carbonyl (C=O) groups excluding carboxylic acids is 1. The highest BCUT2D eigenvalue weighted by atomic mass is 32.1. The number of rotatable bonds is 9. The molecule has 5 nitrogen and oxygen atoms in total. The topological polar surface area (TPSA) is 47.4 Å². The quantitative estimate of drug-likeness (QED) is 0.270. The number of ether oxygens (including phenoxy) is 1. The van der Waals surface area contributed by atoms with Gasteiger partial charge in [-0.25, -0.2) is 4.98 Å². The van der Waals surface area contributed by atoms with Gasteiger partial charge >= 0.3 is 0 Å². The maximum absolute atomic E-state index is 13.4. The second-order valence-corrected chi connectivity index (χ2v) is 10.6. The number of thiophene rings is 1. The van der Waals surface area contributed by atoms with Crippen molar-refractivity contribution in [3.8, 4) is 16.3 Å². The lowest BCUT2D eigenvalue weighted by molar-refractivity contribution is -0.136. The standard InChI is InChI=1S/C27H29N3O2S2/c1-32-24-12-10-20(11-13-24)26-28-22(19-34-26)16-29-14-4-8-23(29)17-30(18-25-9-5-15-33-25)27(31)21-6-2-3-7-21/h4-5,8-15,19,21H,2-3,6-7,16-18H2,1H3. The molecule has 0 aliphatic heterocycles. The number of methoxy groups -OCH3 is 1. The SMILES string of the molecule is COc1ccc(-c2nc(Cn3cccc3CN(Cc3cccs3)C(=O)C3CCCC3)cs2)cc1. The van der Waals surface area contributed by atoms with E-state index in [-0.39, 0.29) is 5.92 Å². The average molecular weight is 492 g/mol. The summed E-state index contributed by atoms with van der Waals surface area (Å²) in [5.74, 6) is 1.32. The van der Waals surface area contributed by atoms with E-state index < -0.39 is 0 Å². The Morgan fingerprint density at radius 3 is 2.65 bits per heavy atom. The summed E-state index contributed by atoms with van der Waals surface area (Å²) in [6.07, 6.45) is 6.46. The van der Waals surface area contributed by atoms with Gasteiger partial charge in [-0.2, -0.15) is 0 Å². The fourth-order valence-corrected chi connectivity index (χ4v) is 6.13. The first-order valence-electron chi connectivity index (χ1n) is 11.7. The van der Waals surface area contributed by atoms with Crippen LogP contribution in [0, 0.1) is 5.92 Å². The normalized spacial score (nSPS) is 13.9. The van der Waals surface area contributed by atoms with Gasteiger partial charge in [0.1, 0.15) is 10.8 Å². The van der Waals surface area contributed by atoms with Gasteiger partial charge in [0.2, 0.25) is 5.91 Å². The molecule has 5 rings (SSSR count). The Hall–Kier alpha value is -2.90. The number of benzene rings is 1. The Bertz CT molecular complexity index is 1200. The van der Waals surface area contributed by atoms with Gasteiger partial charge in [0.15, 0.2) is 0 Å². The molecule has 0 spiro atoms. The van der Waals surface area contributed by atoms with Crippen LogP contribution in [0.5, 0.6) is 5.75 Å². The first-order chi connectivity index (χ1) is 16.7. The van der Waals surface area contributed by atoms with E-state index in [2.05, 4.69) is 50.7 Å². The van der Waals surface area contributed by atoms with Crippen molar-refractivity contribution in [1.29, 1.82) is 0 Å². The molecule has 1 fully saturated rings. The summed E-state index contributed by atoms with van der Waals surface area (Å²) >= 11 is 3.37. The van der Waals surface area contributed by atoms with Crippen LogP contribution < -0.4 is 4.74 Å². The molecule has 3 heterocycles. The van der Waals surface area contributed by atoms with Crippen molar-refractivity contribution >= 4 is 28.6 Å². The van der Waals surface area contributed by atoms with E-state index in [0.717, 1.165) is 40.6 Å². The first kappa shape index (κ1) is 22.9. The summed E-state index contributed by atoms with van der Waals surface area (Å²) in [7, 11) is 1.67. The number of amides is 1. The Morgan fingerprint density at radius 1 is 1.09 bits per heavy atom. The predicted molar refractivity (Wildman–Crippen MR) is 138 cm³/mol. The van der Waals surface area contributed by atoms with Crippen LogP contribution >= 0.6 is 22.7 Å². The molecule has 7 heteroatoms. The molecule has 0 radical (unpaired) electrons. The molecule has 0 atom stereocenters. The molecule has 1 aromatic carbocycles. The summed E-state index contributed by atoms with van der Waals surface area (Å²) in [4.78, 5) is 21.5. The Labute approximate surface area is 208 Å². The zero-order valence-corrected chi connectivity index (χ0v) is 21.0. The van der Waals surface area contributed by atoms with E-state index >= 15 is 0 Å². The molecular weight excluding hydrogens is 462 g/mol. The average Bonchev–Trinajstić information content (AvgIpc) is 3.68. The molecule has 34 heavy (non-hydrogen) atoms. The number of hydrogen-bond acceptors (Lipinski definition) is 5. The van der Waals surface area contributed by atoms with Crippen LogP contribution in [0.15, 0.2) is 65.5 Å². The smallest absolute Gasteiger partial charge is 0.226 e. The zero-order valence-electron chi connectivity index (χ0n) is 19.4. The third-order valence-corrected chi connectivity index (χ3v) is 8.24. The van der Waals surface area contributed by atoms with Gasteiger partial charge in [0.05, 0.1) is 32.4 Å². The van der Waals surface area contributed by atoms with E-state index in [9.17, 15) is 4.79 Å². The number of thiazole rings is 1. The predicted octanol–water partition coefficient (Wildman–Crippen LogP) is 6.45. The third-order valence-electron chi connectivity index (χ3n) is 6.44. The molecular formula is C27H29N3O2S2. The Balaban J connectivity index is 1.31. The summed E-state index contributed by atoms with van der Waals surface area (Å²) in [6.45, 7) is 1.99. The van der Waals surface area contributed by atoms with Gasteiger partial charge < -0.3 is 14.2 Å². The first-order valence-corrected chi connectivity index (χ1v) is 13.5. The lowest BCUT2D eigenvalue weighted by atomic mass is 10.1. The van der Waals surface area contributed by atoms with Crippen LogP contribution in [-0.2, 0) is 24.4 Å². The van der Waals surface area contributed by atoms with E-state index in [1.807, 2.05) is 24.3 Å². The van der Waals surface area contributed by atoms with Gasteiger partial charge in [0.25, 0.3) is 0 Å². The maximum atomic E-state index is 13.4. The van der Waals surface area contributed by atoms with E-state index in [1.165, 1.54) is 17.7 Å². The molecule has 176 valence electrons. The summed E-state index contributed by atoms with van der Waals surface area (Å²) in [5, 5.41) is 5.21. The molecule has 1 saturated carbocycles. The van der Waals surface area contributed by atoms with Gasteiger partial charge in [0, 0.05) is 33.6 Å². The van der Waals surface area contributed by atoms with Crippen LogP contribution in [0.1, 0.15) is 41.9 Å². The van der Waals surface area contributed by atoms with Crippen LogP contribution in [0.4, 0.5) is 0 Å². The van der Waals surface area contributed by atoms with Crippen molar-refractivity contribution < 1.29 is 9.53 Å². The van der Waals surface area contributed by atoms with E-state index in [4.69, 9.17) is 9.72 Å². The van der Waals surface area contributed by atoms with Crippen molar-refractivity contribution in [2.24, 2.45) is 5.92 Å². The number of carbonyl (C=O) groups is 1. The minimum absolute atomic E-state index is 0.175. The van der Waals surface area contributed by atoms with E-state index in [1.54, 1.807) is 29.8 Å². The minimum atomic E-state index is 0.175. The van der Waals surface area contributed by atoms with Crippen molar-refractivity contribution in [1.82, 2.24) is 14.5 Å². The van der Waals surface area contributed by atoms with Crippen LogP contribution in [0.2, 0.25) is 0 Å². The maximum Gasteiger partial charge on any atom is 0.226 e. The largest absolute Gasteiger partial charge is 0.497 e. The lowest BCUT2D eigenvalue weighted by Gasteiger charge is -2.26. The molecule has 1 aliphatic carbocycles. The second-order valence-electron chi connectivity index (χ2n) is 8.75. The lowest BCUT2D eigenvalue weighted by Crippen LogP contribution is -2.34. The van der Waals surface area contributed by atoms with Gasteiger partial charge in [-0.3, -0.25) is 4.79 Å². The molecule has 0 bridgehead atoms. The summed E-state index contributed by atoms with van der Waals surface area (Å²) in [5.41, 5.74) is 3.26. The molecule has 1 amide bonds. The van der Waals surface area contributed by atoms with Crippen LogP contribution in [0.25, 0.3) is 10.6 Å². The monoisotopic (exact) mass is 491 g/mol. The van der Waals surface area contributed by atoms with Gasteiger partial charge in [-0.15, -0.1) is 22.7 Å².